The molecule has 0 fully saturated rings. The minimum absolute atomic E-state index is 0.0800. The van der Waals surface area contributed by atoms with Crippen molar-refractivity contribution >= 4 is 39.6 Å². The van der Waals surface area contributed by atoms with Gasteiger partial charge in [0.1, 0.15) is 5.52 Å². The first-order valence-corrected chi connectivity index (χ1v) is 5.98. The van der Waals surface area contributed by atoms with Gasteiger partial charge in [0.05, 0.1) is 5.92 Å². The van der Waals surface area contributed by atoms with Gasteiger partial charge in [0, 0.05) is 10.9 Å². The van der Waals surface area contributed by atoms with Crippen LogP contribution in [0, 0.1) is 0 Å². The molecule has 3 aromatic rings. The van der Waals surface area contributed by atoms with Crippen molar-refractivity contribution in [2.75, 3.05) is 0 Å². The molecule has 0 radical (unpaired) electrons. The molecule has 2 N–H and O–H groups in total. The lowest BCUT2D eigenvalue weighted by atomic mass is 10.0. The summed E-state index contributed by atoms with van der Waals surface area (Å²) in [5.41, 5.74) is 2.64. The molecule has 7 heteroatoms. The van der Waals surface area contributed by atoms with E-state index in [2.05, 4.69) is 20.2 Å². The second kappa shape index (κ2) is 4.17. The number of aromatic nitrogens is 4. The van der Waals surface area contributed by atoms with Crippen molar-refractivity contribution in [3.8, 4) is 0 Å². The number of aliphatic carboxylic acids is 1. The summed E-state index contributed by atoms with van der Waals surface area (Å²) in [5.74, 6) is -1.44. The Kier molecular flexibility index (Phi) is 2.60. The zero-order chi connectivity index (χ0) is 13.6. The Hall–Kier alpha value is -2.21. The molecular formula is C12H9ClN4O2. The van der Waals surface area contributed by atoms with Gasteiger partial charge in [-0.05, 0) is 30.2 Å². The molecule has 1 aromatic carbocycles. The van der Waals surface area contributed by atoms with Gasteiger partial charge in [-0.3, -0.25) is 4.79 Å². The molecule has 0 bridgehead atoms. The number of aromatic amines is 1. The highest BCUT2D eigenvalue weighted by atomic mass is 35.5. The number of carbonyl (C=O) groups is 1. The van der Waals surface area contributed by atoms with Crippen LogP contribution in [0.25, 0.3) is 22.1 Å². The number of carboxylic acid groups (broad SMARTS) is 1. The quantitative estimate of drug-likeness (QED) is 0.749. The van der Waals surface area contributed by atoms with Crippen molar-refractivity contribution in [1.82, 2.24) is 20.2 Å². The van der Waals surface area contributed by atoms with Gasteiger partial charge in [-0.2, -0.15) is 0 Å². The summed E-state index contributed by atoms with van der Waals surface area (Å²) in [7, 11) is 0. The average Bonchev–Trinajstić information content (AvgIpc) is 2.74. The molecule has 96 valence electrons. The number of halogens is 1. The zero-order valence-electron chi connectivity index (χ0n) is 9.88. The van der Waals surface area contributed by atoms with E-state index in [1.807, 2.05) is 6.07 Å². The first-order chi connectivity index (χ1) is 9.06. The summed E-state index contributed by atoms with van der Waals surface area (Å²) in [5, 5.41) is 17.5. The van der Waals surface area contributed by atoms with Gasteiger partial charge in [-0.25, -0.2) is 4.98 Å². The van der Waals surface area contributed by atoms with Gasteiger partial charge in [0.25, 0.3) is 0 Å². The Labute approximate surface area is 112 Å². The van der Waals surface area contributed by atoms with Crippen LogP contribution >= 0.6 is 11.6 Å². The van der Waals surface area contributed by atoms with E-state index in [1.54, 1.807) is 19.1 Å². The summed E-state index contributed by atoms with van der Waals surface area (Å²) < 4.78 is 0. The fourth-order valence-corrected chi connectivity index (χ4v) is 2.11. The summed E-state index contributed by atoms with van der Waals surface area (Å²) >= 11 is 5.72. The van der Waals surface area contributed by atoms with Crippen LogP contribution in [0.1, 0.15) is 18.4 Å². The normalized spacial score (nSPS) is 12.9. The monoisotopic (exact) mass is 276 g/mol. The van der Waals surface area contributed by atoms with Crippen LogP contribution in [0.2, 0.25) is 5.28 Å². The van der Waals surface area contributed by atoms with Crippen LogP contribution in [0.15, 0.2) is 18.2 Å². The molecule has 2 aromatic heterocycles. The predicted octanol–water partition coefficient (Wildman–Crippen LogP) is 2.35. The largest absolute Gasteiger partial charge is 0.481 e. The topological polar surface area (TPSA) is 91.8 Å². The Morgan fingerprint density at radius 3 is 2.95 bits per heavy atom. The third-order valence-corrected chi connectivity index (χ3v) is 3.24. The van der Waals surface area contributed by atoms with Crippen LogP contribution in [0.5, 0.6) is 0 Å². The summed E-state index contributed by atoms with van der Waals surface area (Å²) in [4.78, 5) is 18.2. The maximum absolute atomic E-state index is 11.0. The van der Waals surface area contributed by atoms with Crippen LogP contribution in [-0.4, -0.2) is 31.2 Å². The van der Waals surface area contributed by atoms with E-state index in [4.69, 9.17) is 16.7 Å². The van der Waals surface area contributed by atoms with Crippen LogP contribution in [0.4, 0.5) is 0 Å². The first kappa shape index (κ1) is 11.9. The molecule has 1 atom stereocenters. The molecule has 0 aliphatic rings. The van der Waals surface area contributed by atoms with E-state index in [0.717, 1.165) is 10.9 Å². The molecule has 6 nitrogen and oxygen atoms in total. The number of benzene rings is 1. The van der Waals surface area contributed by atoms with Crippen LogP contribution in [0.3, 0.4) is 0 Å². The minimum Gasteiger partial charge on any atom is -0.481 e. The lowest BCUT2D eigenvalue weighted by Crippen LogP contribution is -2.06. The van der Waals surface area contributed by atoms with Crippen molar-refractivity contribution in [1.29, 1.82) is 0 Å². The predicted molar refractivity (Wildman–Crippen MR) is 70.3 cm³/mol. The minimum atomic E-state index is -0.864. The third-order valence-electron chi connectivity index (χ3n) is 3.08. The number of carboxylic acids is 1. The molecule has 2 heterocycles. The summed E-state index contributed by atoms with van der Waals surface area (Å²) in [6.07, 6.45) is 0. The number of fused-ring (bicyclic) bond motifs is 3. The van der Waals surface area contributed by atoms with Gasteiger partial charge in [0.2, 0.25) is 5.28 Å². The lowest BCUT2D eigenvalue weighted by molar-refractivity contribution is -0.138. The number of nitrogens with one attached hydrogen (secondary N) is 1. The standard InChI is InChI=1S/C12H9ClN4O2/c1-5(11(18)19)6-2-3-7-8(4-6)14-10-9(7)15-12(13)17-16-10/h2-5H,1H3,(H,14,16)(H,18,19)/t5-/m0/s1. The SMILES string of the molecule is C[C@H](C(=O)O)c1ccc2c(c1)[nH]c1nnc(Cl)nc12. The summed E-state index contributed by atoms with van der Waals surface area (Å²) in [6, 6.07) is 5.36. The molecule has 0 unspecified atom stereocenters. The van der Waals surface area contributed by atoms with E-state index in [-0.39, 0.29) is 5.28 Å². The number of hydrogen-bond donors (Lipinski definition) is 2. The van der Waals surface area contributed by atoms with E-state index >= 15 is 0 Å². The highest BCUT2D eigenvalue weighted by molar-refractivity contribution is 6.28. The smallest absolute Gasteiger partial charge is 0.310 e. The molecule has 0 aliphatic carbocycles. The Morgan fingerprint density at radius 2 is 2.21 bits per heavy atom. The Morgan fingerprint density at radius 1 is 1.42 bits per heavy atom. The average molecular weight is 277 g/mol. The number of nitrogens with zero attached hydrogens (tertiary/aromatic N) is 3. The lowest BCUT2D eigenvalue weighted by Gasteiger charge is -2.05. The molecular weight excluding hydrogens is 268 g/mol. The third kappa shape index (κ3) is 1.90. The van der Waals surface area contributed by atoms with E-state index in [1.165, 1.54) is 0 Å². The van der Waals surface area contributed by atoms with Crippen LogP contribution in [-0.2, 0) is 4.79 Å². The first-order valence-electron chi connectivity index (χ1n) is 5.60. The van der Waals surface area contributed by atoms with Gasteiger partial charge in [-0.15, -0.1) is 10.2 Å². The Balaban J connectivity index is 2.24. The van der Waals surface area contributed by atoms with Crippen molar-refractivity contribution in [3.05, 3.63) is 29.0 Å². The fourth-order valence-electron chi connectivity index (χ4n) is 1.99. The maximum Gasteiger partial charge on any atom is 0.310 e. The van der Waals surface area contributed by atoms with E-state index < -0.39 is 11.9 Å². The number of hydrogen-bond acceptors (Lipinski definition) is 4. The number of rotatable bonds is 2. The van der Waals surface area contributed by atoms with Crippen molar-refractivity contribution in [3.63, 3.8) is 0 Å². The molecule has 3 rings (SSSR count). The van der Waals surface area contributed by atoms with Crippen molar-refractivity contribution in [2.24, 2.45) is 0 Å². The molecule has 0 aliphatic heterocycles. The van der Waals surface area contributed by atoms with Gasteiger partial charge < -0.3 is 10.1 Å². The molecule has 19 heavy (non-hydrogen) atoms. The summed E-state index contributed by atoms with van der Waals surface area (Å²) in [6.45, 7) is 1.64. The fraction of sp³-hybridized carbons (Fsp3) is 0.167. The van der Waals surface area contributed by atoms with E-state index in [9.17, 15) is 4.79 Å². The van der Waals surface area contributed by atoms with Gasteiger partial charge >= 0.3 is 5.97 Å². The van der Waals surface area contributed by atoms with E-state index in [0.29, 0.717) is 16.7 Å². The second-order valence-corrected chi connectivity index (χ2v) is 4.61. The van der Waals surface area contributed by atoms with Crippen molar-refractivity contribution in [2.45, 2.75) is 12.8 Å². The molecule has 0 saturated heterocycles. The maximum atomic E-state index is 11.0. The Bertz CT molecular complexity index is 799. The van der Waals surface area contributed by atoms with Crippen LogP contribution < -0.4 is 0 Å². The zero-order valence-corrected chi connectivity index (χ0v) is 10.6. The molecule has 0 saturated carbocycles. The molecule has 0 amide bonds. The van der Waals surface area contributed by atoms with Gasteiger partial charge in [0.15, 0.2) is 5.65 Å². The number of H-pyrrole nitrogens is 1. The van der Waals surface area contributed by atoms with Crippen molar-refractivity contribution < 1.29 is 9.90 Å². The highest BCUT2D eigenvalue weighted by Gasteiger charge is 2.15. The highest BCUT2D eigenvalue weighted by Crippen LogP contribution is 2.26. The van der Waals surface area contributed by atoms with Gasteiger partial charge in [-0.1, -0.05) is 12.1 Å². The molecule has 0 spiro atoms. The second-order valence-electron chi connectivity index (χ2n) is 4.27.